The summed E-state index contributed by atoms with van der Waals surface area (Å²) in [6.07, 6.45) is 6.49. The van der Waals surface area contributed by atoms with Crippen LogP contribution in [-0.2, 0) is 0 Å². The lowest BCUT2D eigenvalue weighted by Crippen LogP contribution is -2.61. The summed E-state index contributed by atoms with van der Waals surface area (Å²) in [6, 6.07) is 0.436. The third kappa shape index (κ3) is 2.01. The summed E-state index contributed by atoms with van der Waals surface area (Å²) >= 11 is 0. The van der Waals surface area contributed by atoms with Gasteiger partial charge in [0.25, 0.3) is 0 Å². The molecule has 4 aliphatic rings. The molecule has 4 aliphatic heterocycles. The van der Waals surface area contributed by atoms with Gasteiger partial charge in [-0.25, -0.2) is 0 Å². The van der Waals surface area contributed by atoms with E-state index < -0.39 is 0 Å². The van der Waals surface area contributed by atoms with Crippen molar-refractivity contribution in [3.63, 3.8) is 0 Å². The Labute approximate surface area is 98.4 Å². The molecule has 0 spiro atoms. The van der Waals surface area contributed by atoms with Gasteiger partial charge in [0, 0.05) is 12.6 Å². The SMILES string of the molecule is O[C@@H]1C2CCN(CC2)[C@@H]1CN1CCCCC1. The molecule has 0 radical (unpaired) electrons. The highest BCUT2D eigenvalue weighted by Gasteiger charge is 2.41. The van der Waals surface area contributed by atoms with Crippen LogP contribution in [0.5, 0.6) is 0 Å². The number of piperidine rings is 4. The smallest absolute Gasteiger partial charge is 0.0736 e. The van der Waals surface area contributed by atoms with Crippen molar-refractivity contribution in [1.29, 1.82) is 0 Å². The van der Waals surface area contributed by atoms with Gasteiger partial charge in [-0.05, 0) is 57.8 Å². The first-order valence-corrected chi connectivity index (χ1v) is 6.99. The number of aliphatic hydroxyl groups excluding tert-OH is 1. The first kappa shape index (κ1) is 11.0. The molecular formula is C13H24N2O. The van der Waals surface area contributed by atoms with E-state index in [1.54, 1.807) is 0 Å². The van der Waals surface area contributed by atoms with Crippen molar-refractivity contribution in [2.45, 2.75) is 44.2 Å². The molecule has 1 N–H and O–H groups in total. The molecular weight excluding hydrogens is 200 g/mol. The molecule has 0 aromatic carbocycles. The van der Waals surface area contributed by atoms with Crippen molar-refractivity contribution in [1.82, 2.24) is 9.80 Å². The molecule has 0 aromatic heterocycles. The van der Waals surface area contributed by atoms with Crippen LogP contribution in [0.1, 0.15) is 32.1 Å². The standard InChI is InChI=1S/C13H24N2O/c16-13-11-4-8-15(9-5-11)12(13)10-14-6-2-1-3-7-14/h11-13,16H,1-10H2/t12-,13-/m1/s1. The Balaban J connectivity index is 1.60. The minimum absolute atomic E-state index is 0.0515. The normalized spacial score (nSPS) is 44.8. The maximum absolute atomic E-state index is 10.3. The number of likely N-dealkylation sites (tertiary alicyclic amines) is 1. The lowest BCUT2D eigenvalue weighted by atomic mass is 9.80. The topological polar surface area (TPSA) is 26.7 Å². The number of fused-ring (bicyclic) bond motifs is 3. The van der Waals surface area contributed by atoms with Crippen molar-refractivity contribution in [2.24, 2.45) is 5.92 Å². The quantitative estimate of drug-likeness (QED) is 0.756. The van der Waals surface area contributed by atoms with E-state index in [2.05, 4.69) is 9.80 Å². The van der Waals surface area contributed by atoms with Gasteiger partial charge in [0.05, 0.1) is 6.10 Å². The highest BCUT2D eigenvalue weighted by atomic mass is 16.3. The Kier molecular flexibility index (Phi) is 3.18. The number of hydrogen-bond acceptors (Lipinski definition) is 3. The molecule has 0 aromatic rings. The largest absolute Gasteiger partial charge is 0.391 e. The lowest BCUT2D eigenvalue weighted by molar-refractivity contribution is -0.0826. The molecule has 0 saturated carbocycles. The molecule has 92 valence electrons. The van der Waals surface area contributed by atoms with Gasteiger partial charge in [-0.15, -0.1) is 0 Å². The zero-order valence-electron chi connectivity index (χ0n) is 10.1. The lowest BCUT2D eigenvalue weighted by Gasteiger charge is -2.50. The van der Waals surface area contributed by atoms with E-state index >= 15 is 0 Å². The van der Waals surface area contributed by atoms with Crippen LogP contribution < -0.4 is 0 Å². The second-order valence-corrected chi connectivity index (χ2v) is 5.79. The first-order chi connectivity index (χ1) is 7.84. The van der Waals surface area contributed by atoms with Crippen molar-refractivity contribution in [3.05, 3.63) is 0 Å². The van der Waals surface area contributed by atoms with Crippen molar-refractivity contribution in [3.8, 4) is 0 Å². The van der Waals surface area contributed by atoms with Crippen molar-refractivity contribution < 1.29 is 5.11 Å². The van der Waals surface area contributed by atoms with Gasteiger partial charge in [-0.2, -0.15) is 0 Å². The van der Waals surface area contributed by atoms with Gasteiger partial charge < -0.3 is 10.0 Å². The minimum Gasteiger partial charge on any atom is -0.391 e. The van der Waals surface area contributed by atoms with E-state index in [9.17, 15) is 5.11 Å². The monoisotopic (exact) mass is 224 g/mol. The molecule has 4 fully saturated rings. The summed E-state index contributed by atoms with van der Waals surface area (Å²) in [5.41, 5.74) is 0. The van der Waals surface area contributed by atoms with E-state index in [1.165, 1.54) is 58.3 Å². The van der Waals surface area contributed by atoms with E-state index in [-0.39, 0.29) is 6.10 Å². The summed E-state index contributed by atoms with van der Waals surface area (Å²) in [5, 5.41) is 10.3. The molecule has 3 nitrogen and oxygen atoms in total. The molecule has 4 heterocycles. The van der Waals surface area contributed by atoms with Crippen LogP contribution in [0, 0.1) is 5.92 Å². The van der Waals surface area contributed by atoms with Gasteiger partial charge in [0.1, 0.15) is 0 Å². The van der Waals surface area contributed by atoms with Crippen LogP contribution in [-0.4, -0.2) is 59.8 Å². The van der Waals surface area contributed by atoms with Crippen LogP contribution in [0.4, 0.5) is 0 Å². The average Bonchev–Trinajstić information content (AvgIpc) is 2.36. The molecule has 2 bridgehead atoms. The molecule has 3 heteroatoms. The second-order valence-electron chi connectivity index (χ2n) is 5.79. The van der Waals surface area contributed by atoms with Crippen molar-refractivity contribution >= 4 is 0 Å². The summed E-state index contributed by atoms with van der Waals surface area (Å²) in [7, 11) is 0. The highest BCUT2D eigenvalue weighted by molar-refractivity contribution is 4.96. The first-order valence-electron chi connectivity index (χ1n) is 6.99. The summed E-state index contributed by atoms with van der Waals surface area (Å²) < 4.78 is 0. The van der Waals surface area contributed by atoms with Crippen LogP contribution in [0.25, 0.3) is 0 Å². The molecule has 0 unspecified atom stereocenters. The Morgan fingerprint density at radius 1 is 0.938 bits per heavy atom. The summed E-state index contributed by atoms with van der Waals surface area (Å²) in [6.45, 7) is 6.06. The third-order valence-corrected chi connectivity index (χ3v) is 4.81. The fourth-order valence-electron chi connectivity index (χ4n) is 3.75. The predicted molar refractivity (Wildman–Crippen MR) is 64.4 cm³/mol. The molecule has 2 atom stereocenters. The molecule has 4 saturated heterocycles. The Bertz CT molecular complexity index is 230. The van der Waals surface area contributed by atoms with Gasteiger partial charge in [0.2, 0.25) is 0 Å². The third-order valence-electron chi connectivity index (χ3n) is 4.81. The van der Waals surface area contributed by atoms with Crippen LogP contribution in [0.3, 0.4) is 0 Å². The molecule has 0 amide bonds. The number of hydrogen-bond donors (Lipinski definition) is 1. The Morgan fingerprint density at radius 3 is 2.25 bits per heavy atom. The van der Waals surface area contributed by atoms with E-state index in [0.29, 0.717) is 12.0 Å². The minimum atomic E-state index is -0.0515. The summed E-state index contributed by atoms with van der Waals surface area (Å²) in [5.74, 6) is 0.597. The maximum atomic E-state index is 10.3. The van der Waals surface area contributed by atoms with Gasteiger partial charge in [0.15, 0.2) is 0 Å². The molecule has 0 aliphatic carbocycles. The van der Waals surface area contributed by atoms with Crippen LogP contribution in [0.15, 0.2) is 0 Å². The van der Waals surface area contributed by atoms with Crippen LogP contribution in [0.2, 0.25) is 0 Å². The summed E-state index contributed by atoms with van der Waals surface area (Å²) in [4.78, 5) is 5.09. The number of rotatable bonds is 2. The maximum Gasteiger partial charge on any atom is 0.0736 e. The van der Waals surface area contributed by atoms with Gasteiger partial charge in [-0.3, -0.25) is 4.90 Å². The average molecular weight is 224 g/mol. The molecule has 16 heavy (non-hydrogen) atoms. The van der Waals surface area contributed by atoms with Crippen molar-refractivity contribution in [2.75, 3.05) is 32.7 Å². The Morgan fingerprint density at radius 2 is 1.62 bits per heavy atom. The number of aliphatic hydroxyl groups is 1. The van der Waals surface area contributed by atoms with Gasteiger partial charge >= 0.3 is 0 Å². The van der Waals surface area contributed by atoms with E-state index in [0.717, 1.165) is 6.54 Å². The predicted octanol–water partition coefficient (Wildman–Crippen LogP) is 0.927. The highest BCUT2D eigenvalue weighted by Crippen LogP contribution is 2.32. The van der Waals surface area contributed by atoms with E-state index in [1.807, 2.05) is 0 Å². The zero-order valence-corrected chi connectivity index (χ0v) is 10.1. The fourth-order valence-corrected chi connectivity index (χ4v) is 3.75. The van der Waals surface area contributed by atoms with Crippen LogP contribution >= 0.6 is 0 Å². The second kappa shape index (κ2) is 4.63. The number of nitrogens with zero attached hydrogens (tertiary/aromatic N) is 2. The fraction of sp³-hybridized carbons (Fsp3) is 1.00. The Hall–Kier alpha value is -0.120. The van der Waals surface area contributed by atoms with E-state index in [4.69, 9.17) is 0 Å². The van der Waals surface area contributed by atoms with Gasteiger partial charge in [-0.1, -0.05) is 6.42 Å². The molecule has 4 rings (SSSR count). The zero-order chi connectivity index (χ0) is 11.0.